The van der Waals surface area contributed by atoms with Gasteiger partial charge in [-0.25, -0.2) is 0 Å². The van der Waals surface area contributed by atoms with E-state index in [4.69, 9.17) is 0 Å². The first-order valence-electron chi connectivity index (χ1n) is 7.63. The molecular weight excluding hydrogens is 208 g/mol. The summed E-state index contributed by atoms with van der Waals surface area (Å²) >= 11 is 0. The van der Waals surface area contributed by atoms with Crippen LogP contribution in [0, 0.1) is 11.8 Å². The number of rotatable bonds is 4. The van der Waals surface area contributed by atoms with E-state index in [9.17, 15) is 0 Å². The predicted octanol–water partition coefficient (Wildman–Crippen LogP) is 2.89. The summed E-state index contributed by atoms with van der Waals surface area (Å²) in [5.74, 6) is 1.84. The molecule has 0 aromatic carbocycles. The Morgan fingerprint density at radius 3 is 2.47 bits per heavy atom. The van der Waals surface area contributed by atoms with Crippen molar-refractivity contribution >= 4 is 0 Å². The highest BCUT2D eigenvalue weighted by Gasteiger charge is 2.25. The molecule has 1 saturated carbocycles. The first kappa shape index (κ1) is 13.4. The molecule has 0 bridgehead atoms. The van der Waals surface area contributed by atoms with Crippen LogP contribution in [0.3, 0.4) is 0 Å². The van der Waals surface area contributed by atoms with Gasteiger partial charge >= 0.3 is 0 Å². The molecule has 2 heteroatoms. The van der Waals surface area contributed by atoms with Crippen LogP contribution in [0.1, 0.15) is 52.9 Å². The van der Waals surface area contributed by atoms with Gasteiger partial charge in [0.2, 0.25) is 0 Å². The largest absolute Gasteiger partial charge is 0.310 e. The molecule has 0 radical (unpaired) electrons. The SMILES string of the molecule is CC(CN1CCCC1)NC1CCC(C)C(C)C1. The fourth-order valence-electron chi connectivity index (χ4n) is 3.51. The van der Waals surface area contributed by atoms with Gasteiger partial charge in [0, 0.05) is 18.6 Å². The zero-order valence-electron chi connectivity index (χ0n) is 11.9. The molecule has 17 heavy (non-hydrogen) atoms. The van der Waals surface area contributed by atoms with Crippen molar-refractivity contribution in [2.45, 2.75) is 65.0 Å². The van der Waals surface area contributed by atoms with Gasteiger partial charge in [-0.15, -0.1) is 0 Å². The van der Waals surface area contributed by atoms with Crippen molar-refractivity contribution in [1.82, 2.24) is 10.2 Å². The van der Waals surface area contributed by atoms with Crippen LogP contribution in [-0.2, 0) is 0 Å². The number of nitrogens with zero attached hydrogens (tertiary/aromatic N) is 1. The highest BCUT2D eigenvalue weighted by atomic mass is 15.2. The summed E-state index contributed by atoms with van der Waals surface area (Å²) in [6.45, 7) is 11.1. The summed E-state index contributed by atoms with van der Waals surface area (Å²) in [6, 6.07) is 1.44. The maximum Gasteiger partial charge on any atom is 0.0169 e. The second-order valence-electron chi connectivity index (χ2n) is 6.54. The first-order chi connectivity index (χ1) is 8.15. The molecule has 1 saturated heterocycles. The second-order valence-corrected chi connectivity index (χ2v) is 6.54. The van der Waals surface area contributed by atoms with Gasteiger partial charge in [-0.05, 0) is 64.0 Å². The number of likely N-dealkylation sites (tertiary alicyclic amines) is 1. The van der Waals surface area contributed by atoms with Gasteiger partial charge in [-0.2, -0.15) is 0 Å². The van der Waals surface area contributed by atoms with E-state index >= 15 is 0 Å². The Bertz CT molecular complexity index is 223. The zero-order chi connectivity index (χ0) is 12.3. The van der Waals surface area contributed by atoms with Crippen LogP contribution >= 0.6 is 0 Å². The van der Waals surface area contributed by atoms with Crippen LogP contribution in [0.4, 0.5) is 0 Å². The highest BCUT2D eigenvalue weighted by Crippen LogP contribution is 2.29. The van der Waals surface area contributed by atoms with Crippen LogP contribution in [0.25, 0.3) is 0 Å². The third-order valence-corrected chi connectivity index (χ3v) is 4.85. The molecular formula is C15H30N2. The summed E-state index contributed by atoms with van der Waals surface area (Å²) in [5.41, 5.74) is 0. The van der Waals surface area contributed by atoms with Crippen LogP contribution < -0.4 is 5.32 Å². The quantitative estimate of drug-likeness (QED) is 0.810. The summed E-state index contributed by atoms with van der Waals surface area (Å²) in [6.07, 6.45) is 6.99. The van der Waals surface area contributed by atoms with Crippen molar-refractivity contribution in [3.63, 3.8) is 0 Å². The summed E-state index contributed by atoms with van der Waals surface area (Å²) in [7, 11) is 0. The molecule has 0 aromatic heterocycles. The smallest absolute Gasteiger partial charge is 0.0169 e. The lowest BCUT2D eigenvalue weighted by Crippen LogP contribution is -2.45. The van der Waals surface area contributed by atoms with E-state index in [-0.39, 0.29) is 0 Å². The summed E-state index contributed by atoms with van der Waals surface area (Å²) in [5, 5.41) is 3.86. The first-order valence-corrected chi connectivity index (χ1v) is 7.63. The molecule has 2 nitrogen and oxygen atoms in total. The van der Waals surface area contributed by atoms with Crippen LogP contribution in [0.2, 0.25) is 0 Å². The lowest BCUT2D eigenvalue weighted by Gasteiger charge is -2.35. The fraction of sp³-hybridized carbons (Fsp3) is 1.00. The molecule has 0 aromatic rings. The molecule has 0 amide bonds. The zero-order valence-corrected chi connectivity index (χ0v) is 11.9. The number of hydrogen-bond donors (Lipinski definition) is 1. The van der Waals surface area contributed by atoms with E-state index in [1.807, 2.05) is 0 Å². The standard InChI is InChI=1S/C15H30N2/c1-12-6-7-15(10-13(12)2)16-14(3)11-17-8-4-5-9-17/h12-16H,4-11H2,1-3H3. The molecule has 100 valence electrons. The molecule has 4 unspecified atom stereocenters. The van der Waals surface area contributed by atoms with Crippen molar-refractivity contribution in [2.75, 3.05) is 19.6 Å². The van der Waals surface area contributed by atoms with Crippen molar-refractivity contribution in [2.24, 2.45) is 11.8 Å². The molecule has 0 spiro atoms. The molecule has 1 N–H and O–H groups in total. The van der Waals surface area contributed by atoms with Crippen LogP contribution in [-0.4, -0.2) is 36.6 Å². The Balaban J connectivity index is 1.69. The van der Waals surface area contributed by atoms with Crippen molar-refractivity contribution < 1.29 is 0 Å². The van der Waals surface area contributed by atoms with Gasteiger partial charge in [0.25, 0.3) is 0 Å². The molecule has 2 fully saturated rings. The van der Waals surface area contributed by atoms with Crippen LogP contribution in [0.5, 0.6) is 0 Å². The molecule has 2 rings (SSSR count). The Morgan fingerprint density at radius 2 is 1.82 bits per heavy atom. The Hall–Kier alpha value is -0.0800. The topological polar surface area (TPSA) is 15.3 Å². The monoisotopic (exact) mass is 238 g/mol. The molecule has 1 aliphatic carbocycles. The molecule has 2 aliphatic rings. The van der Waals surface area contributed by atoms with E-state index < -0.39 is 0 Å². The van der Waals surface area contributed by atoms with Gasteiger partial charge in [0.15, 0.2) is 0 Å². The van der Waals surface area contributed by atoms with Crippen LogP contribution in [0.15, 0.2) is 0 Å². The fourth-order valence-corrected chi connectivity index (χ4v) is 3.51. The number of nitrogens with one attached hydrogen (secondary N) is 1. The molecule has 1 heterocycles. The average Bonchev–Trinajstić information content (AvgIpc) is 2.76. The Morgan fingerprint density at radius 1 is 1.12 bits per heavy atom. The maximum atomic E-state index is 3.86. The lowest BCUT2D eigenvalue weighted by molar-refractivity contribution is 0.203. The summed E-state index contributed by atoms with van der Waals surface area (Å²) < 4.78 is 0. The highest BCUT2D eigenvalue weighted by molar-refractivity contribution is 4.83. The predicted molar refractivity (Wildman–Crippen MR) is 74.2 cm³/mol. The maximum absolute atomic E-state index is 3.86. The molecule has 4 atom stereocenters. The third kappa shape index (κ3) is 3.96. The lowest BCUT2D eigenvalue weighted by atomic mass is 9.79. The van der Waals surface area contributed by atoms with E-state index in [1.54, 1.807) is 0 Å². The normalized spacial score (nSPS) is 37.2. The van der Waals surface area contributed by atoms with Gasteiger partial charge in [-0.1, -0.05) is 13.8 Å². The van der Waals surface area contributed by atoms with E-state index in [0.717, 1.165) is 17.9 Å². The minimum atomic E-state index is 0.665. The van der Waals surface area contributed by atoms with E-state index in [0.29, 0.717) is 6.04 Å². The molecule has 1 aliphatic heterocycles. The van der Waals surface area contributed by atoms with Gasteiger partial charge in [-0.3, -0.25) is 0 Å². The van der Waals surface area contributed by atoms with Crippen molar-refractivity contribution in [3.8, 4) is 0 Å². The Labute approximate surface area is 107 Å². The second kappa shape index (κ2) is 6.19. The van der Waals surface area contributed by atoms with Crippen molar-refractivity contribution in [3.05, 3.63) is 0 Å². The number of hydrogen-bond acceptors (Lipinski definition) is 2. The van der Waals surface area contributed by atoms with Gasteiger partial charge in [0.1, 0.15) is 0 Å². The summed E-state index contributed by atoms with van der Waals surface area (Å²) in [4.78, 5) is 2.62. The average molecular weight is 238 g/mol. The minimum absolute atomic E-state index is 0.665. The van der Waals surface area contributed by atoms with E-state index in [1.165, 1.54) is 51.7 Å². The van der Waals surface area contributed by atoms with Gasteiger partial charge < -0.3 is 10.2 Å². The Kier molecular flexibility index (Phi) is 4.87. The van der Waals surface area contributed by atoms with Gasteiger partial charge in [0.05, 0.1) is 0 Å². The minimum Gasteiger partial charge on any atom is -0.310 e. The third-order valence-electron chi connectivity index (χ3n) is 4.85. The van der Waals surface area contributed by atoms with Crippen molar-refractivity contribution in [1.29, 1.82) is 0 Å². The van der Waals surface area contributed by atoms with E-state index in [2.05, 4.69) is 31.0 Å².